The molecule has 1 aliphatic heterocycles. The van der Waals surface area contributed by atoms with Crippen LogP contribution in [-0.4, -0.2) is 18.5 Å². The Labute approximate surface area is 109 Å². The Morgan fingerprint density at radius 2 is 2.39 bits per heavy atom. The average Bonchev–Trinajstić information content (AvgIpc) is 2.90. The van der Waals surface area contributed by atoms with Gasteiger partial charge in [0.1, 0.15) is 0 Å². The van der Waals surface area contributed by atoms with E-state index in [0.29, 0.717) is 12.5 Å². The Kier molecular flexibility index (Phi) is 4.76. The highest BCUT2D eigenvalue weighted by Gasteiger charge is 2.15. The average molecular weight is 246 g/mol. The van der Waals surface area contributed by atoms with Crippen molar-refractivity contribution in [1.29, 1.82) is 0 Å². The molecule has 2 rings (SSSR count). The molecule has 0 aliphatic carbocycles. The summed E-state index contributed by atoms with van der Waals surface area (Å²) in [6.07, 6.45) is 4.99. The summed E-state index contributed by atoms with van der Waals surface area (Å²) in [6.45, 7) is 3.22. The Morgan fingerprint density at radius 3 is 3.11 bits per heavy atom. The van der Waals surface area contributed by atoms with Gasteiger partial charge in [-0.15, -0.1) is 0 Å². The number of carbonyl (C=O) groups is 1. The molecule has 0 spiro atoms. The van der Waals surface area contributed by atoms with Gasteiger partial charge in [0.15, 0.2) is 0 Å². The molecule has 18 heavy (non-hydrogen) atoms. The van der Waals surface area contributed by atoms with Crippen molar-refractivity contribution in [3.8, 4) is 0 Å². The molecule has 1 heterocycles. The normalized spacial score (nSPS) is 18.8. The van der Waals surface area contributed by atoms with Gasteiger partial charge in [0.05, 0.1) is 0 Å². The van der Waals surface area contributed by atoms with Crippen LogP contribution in [0.1, 0.15) is 38.2 Å². The van der Waals surface area contributed by atoms with Gasteiger partial charge < -0.3 is 10.6 Å². The van der Waals surface area contributed by atoms with Gasteiger partial charge in [0, 0.05) is 18.2 Å². The molecule has 1 aromatic rings. The van der Waals surface area contributed by atoms with Crippen LogP contribution in [0, 0.1) is 0 Å². The molecule has 3 heteroatoms. The molecular weight excluding hydrogens is 224 g/mol. The van der Waals surface area contributed by atoms with Crippen molar-refractivity contribution in [3.63, 3.8) is 0 Å². The van der Waals surface area contributed by atoms with Crippen LogP contribution in [0.5, 0.6) is 0 Å². The fraction of sp³-hybridized carbons (Fsp3) is 0.533. The van der Waals surface area contributed by atoms with Crippen molar-refractivity contribution in [2.75, 3.05) is 11.9 Å². The minimum Gasteiger partial charge on any atom is -0.326 e. The molecule has 1 amide bonds. The van der Waals surface area contributed by atoms with Gasteiger partial charge in [-0.25, -0.2) is 0 Å². The highest BCUT2D eigenvalue weighted by molar-refractivity contribution is 5.90. The van der Waals surface area contributed by atoms with Crippen LogP contribution in [0.2, 0.25) is 0 Å². The Bertz CT molecular complexity index is 397. The predicted octanol–water partition coefficient (Wildman–Crippen LogP) is 2.72. The number of carbonyl (C=O) groups excluding carboxylic acids is 1. The van der Waals surface area contributed by atoms with Crippen LogP contribution in [0.25, 0.3) is 0 Å². The Hall–Kier alpha value is -1.35. The number of amides is 1. The zero-order chi connectivity index (χ0) is 12.8. The SMILES string of the molecule is CCc1cccc(NC(=O)CCC2CCCN2)c1. The minimum absolute atomic E-state index is 0.122. The van der Waals surface area contributed by atoms with E-state index in [1.165, 1.54) is 18.4 Å². The molecule has 0 radical (unpaired) electrons. The molecule has 1 unspecified atom stereocenters. The van der Waals surface area contributed by atoms with Crippen LogP contribution in [0.4, 0.5) is 5.69 Å². The molecule has 0 saturated carbocycles. The first kappa shape index (κ1) is 13.1. The number of rotatable bonds is 5. The van der Waals surface area contributed by atoms with Crippen molar-refractivity contribution in [3.05, 3.63) is 29.8 Å². The molecule has 1 aromatic carbocycles. The summed E-state index contributed by atoms with van der Waals surface area (Å²) < 4.78 is 0. The van der Waals surface area contributed by atoms with Crippen LogP contribution >= 0.6 is 0 Å². The van der Waals surface area contributed by atoms with Gasteiger partial charge in [-0.05, 0) is 49.9 Å². The second-order valence-electron chi connectivity index (χ2n) is 4.93. The molecule has 0 bridgehead atoms. The van der Waals surface area contributed by atoms with Gasteiger partial charge in [-0.1, -0.05) is 19.1 Å². The zero-order valence-corrected chi connectivity index (χ0v) is 11.0. The lowest BCUT2D eigenvalue weighted by molar-refractivity contribution is -0.116. The van der Waals surface area contributed by atoms with Crippen LogP contribution in [0.3, 0.4) is 0 Å². The second kappa shape index (κ2) is 6.55. The second-order valence-corrected chi connectivity index (χ2v) is 4.93. The van der Waals surface area contributed by atoms with Crippen LogP contribution < -0.4 is 10.6 Å². The summed E-state index contributed by atoms with van der Waals surface area (Å²) in [7, 11) is 0. The predicted molar refractivity (Wildman–Crippen MR) is 74.7 cm³/mol. The van der Waals surface area contributed by atoms with Gasteiger partial charge in [0.25, 0.3) is 0 Å². The fourth-order valence-electron chi connectivity index (χ4n) is 2.40. The largest absolute Gasteiger partial charge is 0.326 e. The third-order valence-corrected chi connectivity index (χ3v) is 3.50. The molecule has 3 nitrogen and oxygen atoms in total. The van der Waals surface area contributed by atoms with Crippen molar-refractivity contribution < 1.29 is 4.79 Å². The first-order valence-electron chi connectivity index (χ1n) is 6.90. The van der Waals surface area contributed by atoms with Crippen molar-refractivity contribution in [2.45, 2.75) is 45.1 Å². The maximum atomic E-state index is 11.8. The molecule has 98 valence electrons. The Morgan fingerprint density at radius 1 is 1.50 bits per heavy atom. The van der Waals surface area contributed by atoms with E-state index in [1.807, 2.05) is 18.2 Å². The molecule has 1 aliphatic rings. The lowest BCUT2D eigenvalue weighted by Gasteiger charge is -2.10. The van der Waals surface area contributed by atoms with E-state index in [-0.39, 0.29) is 5.91 Å². The van der Waals surface area contributed by atoms with E-state index in [4.69, 9.17) is 0 Å². The third kappa shape index (κ3) is 3.84. The van der Waals surface area contributed by atoms with Crippen LogP contribution in [-0.2, 0) is 11.2 Å². The highest BCUT2D eigenvalue weighted by atomic mass is 16.1. The summed E-state index contributed by atoms with van der Waals surface area (Å²) in [5.74, 6) is 0.122. The molecule has 2 N–H and O–H groups in total. The van der Waals surface area contributed by atoms with E-state index in [2.05, 4.69) is 23.6 Å². The number of aryl methyl sites for hydroxylation is 1. The molecule has 1 saturated heterocycles. The van der Waals surface area contributed by atoms with Gasteiger partial charge >= 0.3 is 0 Å². The maximum Gasteiger partial charge on any atom is 0.224 e. The van der Waals surface area contributed by atoms with Gasteiger partial charge in [0.2, 0.25) is 5.91 Å². The number of nitrogens with one attached hydrogen (secondary N) is 2. The van der Waals surface area contributed by atoms with Crippen molar-refractivity contribution in [2.24, 2.45) is 0 Å². The minimum atomic E-state index is 0.122. The summed E-state index contributed by atoms with van der Waals surface area (Å²) in [4.78, 5) is 11.8. The number of benzene rings is 1. The van der Waals surface area contributed by atoms with E-state index < -0.39 is 0 Å². The monoisotopic (exact) mass is 246 g/mol. The summed E-state index contributed by atoms with van der Waals surface area (Å²) in [6, 6.07) is 8.61. The smallest absolute Gasteiger partial charge is 0.224 e. The van der Waals surface area contributed by atoms with Crippen molar-refractivity contribution >= 4 is 11.6 Å². The fourth-order valence-corrected chi connectivity index (χ4v) is 2.40. The lowest BCUT2D eigenvalue weighted by atomic mass is 10.1. The molecule has 0 aromatic heterocycles. The van der Waals surface area contributed by atoms with E-state index in [0.717, 1.165) is 25.1 Å². The first-order chi connectivity index (χ1) is 8.78. The molecule has 1 atom stereocenters. The van der Waals surface area contributed by atoms with E-state index in [1.54, 1.807) is 0 Å². The molecular formula is C15H22N2O. The third-order valence-electron chi connectivity index (χ3n) is 3.50. The summed E-state index contributed by atoms with van der Waals surface area (Å²) in [5, 5.41) is 6.39. The Balaban J connectivity index is 1.78. The highest BCUT2D eigenvalue weighted by Crippen LogP contribution is 2.14. The van der Waals surface area contributed by atoms with E-state index >= 15 is 0 Å². The maximum absolute atomic E-state index is 11.8. The number of anilines is 1. The quantitative estimate of drug-likeness (QED) is 0.838. The topological polar surface area (TPSA) is 41.1 Å². The van der Waals surface area contributed by atoms with Crippen LogP contribution in [0.15, 0.2) is 24.3 Å². The standard InChI is InChI=1S/C15H22N2O/c1-2-12-5-3-6-14(11-12)17-15(18)9-8-13-7-4-10-16-13/h3,5-6,11,13,16H,2,4,7-10H2,1H3,(H,17,18). The first-order valence-corrected chi connectivity index (χ1v) is 6.90. The van der Waals surface area contributed by atoms with E-state index in [9.17, 15) is 4.79 Å². The lowest BCUT2D eigenvalue weighted by Crippen LogP contribution is -2.23. The number of hydrogen-bond acceptors (Lipinski definition) is 2. The summed E-state index contributed by atoms with van der Waals surface area (Å²) >= 11 is 0. The number of hydrogen-bond donors (Lipinski definition) is 2. The molecule has 1 fully saturated rings. The van der Waals surface area contributed by atoms with Crippen molar-refractivity contribution in [1.82, 2.24) is 5.32 Å². The zero-order valence-electron chi connectivity index (χ0n) is 11.0. The van der Waals surface area contributed by atoms with Gasteiger partial charge in [-0.3, -0.25) is 4.79 Å². The van der Waals surface area contributed by atoms with Gasteiger partial charge in [-0.2, -0.15) is 0 Å². The summed E-state index contributed by atoms with van der Waals surface area (Å²) in [5.41, 5.74) is 2.17.